The number of piperidine rings is 1. The SMILES string of the molecule is O=C(c1cccc(-c2cnc3c(N4CCC(O)C4)nccn23)c1)N1CCCCC1. The van der Waals surface area contributed by atoms with Gasteiger partial charge in [-0.05, 0) is 37.8 Å². The molecule has 0 aliphatic carbocycles. The van der Waals surface area contributed by atoms with E-state index in [9.17, 15) is 9.90 Å². The maximum absolute atomic E-state index is 12.9. The molecule has 0 saturated carbocycles. The number of hydrogen-bond donors (Lipinski definition) is 1. The van der Waals surface area contributed by atoms with Gasteiger partial charge in [0.2, 0.25) is 0 Å². The number of likely N-dealkylation sites (tertiary alicyclic amines) is 1. The summed E-state index contributed by atoms with van der Waals surface area (Å²) in [4.78, 5) is 26.1. The Morgan fingerprint density at radius 3 is 2.76 bits per heavy atom. The van der Waals surface area contributed by atoms with Gasteiger partial charge >= 0.3 is 0 Å². The van der Waals surface area contributed by atoms with Gasteiger partial charge in [-0.3, -0.25) is 9.20 Å². The average Bonchev–Trinajstić information content (AvgIpc) is 3.40. The number of carbonyl (C=O) groups is 1. The lowest BCUT2D eigenvalue weighted by atomic mass is 10.1. The van der Waals surface area contributed by atoms with Gasteiger partial charge < -0.3 is 14.9 Å². The van der Waals surface area contributed by atoms with E-state index < -0.39 is 0 Å². The van der Waals surface area contributed by atoms with Crippen molar-refractivity contribution in [3.63, 3.8) is 0 Å². The van der Waals surface area contributed by atoms with Crippen molar-refractivity contribution in [3.05, 3.63) is 48.4 Å². The summed E-state index contributed by atoms with van der Waals surface area (Å²) in [6.07, 6.45) is 9.29. The summed E-state index contributed by atoms with van der Waals surface area (Å²) in [5, 5.41) is 9.87. The van der Waals surface area contributed by atoms with Crippen molar-refractivity contribution < 1.29 is 9.90 Å². The number of aliphatic hydroxyl groups is 1. The largest absolute Gasteiger partial charge is 0.391 e. The molecule has 29 heavy (non-hydrogen) atoms. The van der Waals surface area contributed by atoms with E-state index in [0.717, 1.165) is 67.2 Å². The first-order valence-electron chi connectivity index (χ1n) is 10.4. The van der Waals surface area contributed by atoms with Gasteiger partial charge in [-0.2, -0.15) is 0 Å². The van der Waals surface area contributed by atoms with Crippen LogP contribution in [0.3, 0.4) is 0 Å². The van der Waals surface area contributed by atoms with Crippen molar-refractivity contribution in [1.29, 1.82) is 0 Å². The van der Waals surface area contributed by atoms with Gasteiger partial charge in [0, 0.05) is 49.7 Å². The number of carbonyl (C=O) groups excluding carboxylic acids is 1. The molecule has 150 valence electrons. The van der Waals surface area contributed by atoms with Crippen LogP contribution in [-0.2, 0) is 0 Å². The summed E-state index contributed by atoms with van der Waals surface area (Å²) in [6.45, 7) is 3.04. The van der Waals surface area contributed by atoms with Crippen LogP contribution in [0.5, 0.6) is 0 Å². The third-order valence-corrected chi connectivity index (χ3v) is 5.92. The molecular formula is C22H25N5O2. The molecule has 2 aliphatic heterocycles. The lowest BCUT2D eigenvalue weighted by Crippen LogP contribution is -2.35. The number of β-amino-alcohol motifs (C(OH)–C–C–N with tert-alkyl or cyclic N) is 1. The smallest absolute Gasteiger partial charge is 0.253 e. The van der Waals surface area contributed by atoms with E-state index in [1.54, 1.807) is 6.20 Å². The van der Waals surface area contributed by atoms with Crippen molar-refractivity contribution in [2.24, 2.45) is 0 Å². The molecule has 5 rings (SSSR count). The van der Waals surface area contributed by atoms with Crippen LogP contribution in [0.4, 0.5) is 5.82 Å². The van der Waals surface area contributed by atoms with Crippen molar-refractivity contribution >= 4 is 17.4 Å². The zero-order valence-corrected chi connectivity index (χ0v) is 16.4. The minimum atomic E-state index is -0.316. The number of nitrogens with zero attached hydrogens (tertiary/aromatic N) is 5. The van der Waals surface area contributed by atoms with E-state index in [2.05, 4.69) is 14.9 Å². The van der Waals surface area contributed by atoms with Crippen molar-refractivity contribution in [1.82, 2.24) is 19.3 Å². The first-order chi connectivity index (χ1) is 14.2. The van der Waals surface area contributed by atoms with Crippen LogP contribution in [0, 0.1) is 0 Å². The predicted octanol–water partition coefficient (Wildman–Crippen LogP) is 2.59. The quantitative estimate of drug-likeness (QED) is 0.743. The van der Waals surface area contributed by atoms with Crippen LogP contribution >= 0.6 is 0 Å². The summed E-state index contributed by atoms with van der Waals surface area (Å²) in [5.74, 6) is 0.893. The first-order valence-corrected chi connectivity index (χ1v) is 10.4. The highest BCUT2D eigenvalue weighted by atomic mass is 16.3. The summed E-state index contributed by atoms with van der Waals surface area (Å²) >= 11 is 0. The van der Waals surface area contributed by atoms with E-state index >= 15 is 0 Å². The molecule has 1 amide bonds. The fraction of sp³-hybridized carbons (Fsp3) is 0.409. The van der Waals surface area contributed by atoms with Crippen LogP contribution in [0.15, 0.2) is 42.9 Å². The second-order valence-corrected chi connectivity index (χ2v) is 7.91. The maximum atomic E-state index is 12.9. The number of fused-ring (bicyclic) bond motifs is 1. The zero-order valence-electron chi connectivity index (χ0n) is 16.4. The Kier molecular flexibility index (Phi) is 4.67. The zero-order chi connectivity index (χ0) is 19.8. The fourth-order valence-corrected chi connectivity index (χ4v) is 4.37. The predicted molar refractivity (Wildman–Crippen MR) is 111 cm³/mol. The van der Waals surface area contributed by atoms with Gasteiger partial charge in [0.05, 0.1) is 18.0 Å². The highest BCUT2D eigenvalue weighted by molar-refractivity contribution is 5.95. The average molecular weight is 391 g/mol. The number of hydrogen-bond acceptors (Lipinski definition) is 5. The van der Waals surface area contributed by atoms with Gasteiger partial charge in [0.1, 0.15) is 0 Å². The van der Waals surface area contributed by atoms with Gasteiger partial charge in [-0.15, -0.1) is 0 Å². The molecule has 2 aliphatic rings. The highest BCUT2D eigenvalue weighted by Crippen LogP contribution is 2.28. The minimum Gasteiger partial charge on any atom is -0.391 e. The molecule has 1 N–H and O–H groups in total. The minimum absolute atomic E-state index is 0.105. The van der Waals surface area contributed by atoms with Gasteiger partial charge in [0.15, 0.2) is 11.5 Å². The monoisotopic (exact) mass is 391 g/mol. The Labute approximate surface area is 169 Å². The lowest BCUT2D eigenvalue weighted by Gasteiger charge is -2.26. The molecule has 2 aromatic heterocycles. The summed E-state index contributed by atoms with van der Waals surface area (Å²) in [7, 11) is 0. The van der Waals surface area contributed by atoms with Crippen LogP contribution in [0.2, 0.25) is 0 Å². The third-order valence-electron chi connectivity index (χ3n) is 5.92. The number of amides is 1. The van der Waals surface area contributed by atoms with E-state index in [0.29, 0.717) is 6.54 Å². The second kappa shape index (κ2) is 7.48. The molecule has 0 bridgehead atoms. The van der Waals surface area contributed by atoms with Crippen LogP contribution in [0.1, 0.15) is 36.0 Å². The maximum Gasteiger partial charge on any atom is 0.253 e. The molecule has 7 nitrogen and oxygen atoms in total. The highest BCUT2D eigenvalue weighted by Gasteiger charge is 2.24. The Bertz CT molecular complexity index is 1040. The van der Waals surface area contributed by atoms with Crippen molar-refractivity contribution in [2.75, 3.05) is 31.1 Å². The Balaban J connectivity index is 1.49. The molecule has 2 fully saturated rings. The van der Waals surface area contributed by atoms with Crippen molar-refractivity contribution in [2.45, 2.75) is 31.8 Å². The summed E-state index contributed by atoms with van der Waals surface area (Å²) in [5.41, 5.74) is 3.37. The van der Waals surface area contributed by atoms with E-state index in [-0.39, 0.29) is 12.0 Å². The number of aliphatic hydroxyl groups excluding tert-OH is 1. The van der Waals surface area contributed by atoms with Crippen LogP contribution in [0.25, 0.3) is 16.9 Å². The standard InChI is InChI=1S/C22H25N5O2/c28-18-7-11-26(15-18)20-21-24-14-19(27(21)12-8-23-20)16-5-4-6-17(13-16)22(29)25-9-2-1-3-10-25/h4-6,8,12-14,18,28H,1-3,7,9-11,15H2. The molecule has 0 radical (unpaired) electrons. The Morgan fingerprint density at radius 2 is 1.97 bits per heavy atom. The molecule has 1 atom stereocenters. The third kappa shape index (κ3) is 3.35. The van der Waals surface area contributed by atoms with E-state index in [1.807, 2.05) is 46.0 Å². The topological polar surface area (TPSA) is 74.0 Å². The number of imidazole rings is 1. The molecular weight excluding hydrogens is 366 g/mol. The summed E-state index contributed by atoms with van der Waals surface area (Å²) < 4.78 is 2.01. The Hall–Kier alpha value is -2.93. The second-order valence-electron chi connectivity index (χ2n) is 7.91. The van der Waals surface area contributed by atoms with Gasteiger partial charge in [0.25, 0.3) is 5.91 Å². The normalized spacial score (nSPS) is 19.8. The fourth-order valence-electron chi connectivity index (χ4n) is 4.37. The van der Waals surface area contributed by atoms with E-state index in [1.165, 1.54) is 6.42 Å². The van der Waals surface area contributed by atoms with Crippen LogP contribution < -0.4 is 4.90 Å². The lowest BCUT2D eigenvalue weighted by molar-refractivity contribution is 0.0724. The molecule has 1 unspecified atom stereocenters. The summed E-state index contributed by atoms with van der Waals surface area (Å²) in [6, 6.07) is 7.79. The van der Waals surface area contributed by atoms with Gasteiger partial charge in [-0.25, -0.2) is 9.97 Å². The molecule has 3 aromatic rings. The van der Waals surface area contributed by atoms with E-state index in [4.69, 9.17) is 0 Å². The van der Waals surface area contributed by atoms with Gasteiger partial charge in [-0.1, -0.05) is 12.1 Å². The number of benzene rings is 1. The molecule has 2 saturated heterocycles. The number of aromatic nitrogens is 3. The number of anilines is 1. The molecule has 0 spiro atoms. The molecule has 4 heterocycles. The first kappa shape index (κ1) is 18.1. The molecule has 1 aromatic carbocycles. The Morgan fingerprint density at radius 1 is 1.10 bits per heavy atom. The number of rotatable bonds is 3. The van der Waals surface area contributed by atoms with Crippen molar-refractivity contribution in [3.8, 4) is 11.3 Å². The molecule has 7 heteroatoms. The van der Waals surface area contributed by atoms with Crippen LogP contribution in [-0.4, -0.2) is 62.6 Å².